The van der Waals surface area contributed by atoms with Gasteiger partial charge in [-0.3, -0.25) is 4.79 Å². The van der Waals surface area contributed by atoms with Crippen molar-refractivity contribution in [2.75, 3.05) is 23.7 Å². The summed E-state index contributed by atoms with van der Waals surface area (Å²) in [6, 6.07) is 13.1. The number of rotatable bonds is 9. The van der Waals surface area contributed by atoms with Crippen molar-refractivity contribution in [2.24, 2.45) is 0 Å². The number of hydrogen-bond donors (Lipinski definition) is 3. The van der Waals surface area contributed by atoms with Crippen molar-refractivity contribution in [3.8, 4) is 0 Å². The van der Waals surface area contributed by atoms with Crippen LogP contribution in [0.3, 0.4) is 0 Å². The normalized spacial score (nSPS) is 11.1. The standard InChI is InChI=1S/C19H20N6O3S/c1-14(26)15-5-4-6-16(11-15)29(27,28)24-10-9-21-18-12-19(23-13-22-18)25-17-7-2-3-8-20-17/h2-8,11-13,24H,9-10H2,1H3,(H2,20,21,22,23,25). The molecule has 0 saturated heterocycles. The molecule has 150 valence electrons. The predicted octanol–water partition coefficient (Wildman–Crippen LogP) is 2.21. The van der Waals surface area contributed by atoms with Crippen LogP contribution in [0.1, 0.15) is 17.3 Å². The molecular formula is C19H20N6O3S. The van der Waals surface area contributed by atoms with Gasteiger partial charge in [0, 0.05) is 30.9 Å². The maximum absolute atomic E-state index is 12.4. The van der Waals surface area contributed by atoms with E-state index >= 15 is 0 Å². The zero-order valence-electron chi connectivity index (χ0n) is 15.7. The molecule has 2 heterocycles. The fourth-order valence-corrected chi connectivity index (χ4v) is 3.51. The summed E-state index contributed by atoms with van der Waals surface area (Å²) in [5.74, 6) is 1.55. The molecule has 10 heteroatoms. The lowest BCUT2D eigenvalue weighted by Crippen LogP contribution is -2.29. The highest BCUT2D eigenvalue weighted by molar-refractivity contribution is 7.89. The minimum absolute atomic E-state index is 0.0501. The van der Waals surface area contributed by atoms with Gasteiger partial charge in [-0.25, -0.2) is 28.1 Å². The van der Waals surface area contributed by atoms with E-state index in [4.69, 9.17) is 0 Å². The van der Waals surface area contributed by atoms with Gasteiger partial charge in [0.15, 0.2) is 5.78 Å². The number of sulfonamides is 1. The number of carbonyl (C=O) groups is 1. The molecule has 0 unspecified atom stereocenters. The van der Waals surface area contributed by atoms with Crippen molar-refractivity contribution in [2.45, 2.75) is 11.8 Å². The molecule has 3 N–H and O–H groups in total. The zero-order chi connectivity index (χ0) is 20.7. The Balaban J connectivity index is 1.54. The van der Waals surface area contributed by atoms with E-state index in [0.717, 1.165) is 0 Å². The SMILES string of the molecule is CC(=O)c1cccc(S(=O)(=O)NCCNc2cc(Nc3ccccn3)ncn2)c1. The summed E-state index contributed by atoms with van der Waals surface area (Å²) in [4.78, 5) is 23.9. The Kier molecular flexibility index (Phi) is 6.47. The first-order valence-electron chi connectivity index (χ1n) is 8.79. The first-order chi connectivity index (χ1) is 13.9. The summed E-state index contributed by atoms with van der Waals surface area (Å²) in [5, 5.41) is 6.09. The first-order valence-corrected chi connectivity index (χ1v) is 10.3. The molecule has 3 aromatic rings. The van der Waals surface area contributed by atoms with Crippen molar-refractivity contribution in [3.63, 3.8) is 0 Å². The van der Waals surface area contributed by atoms with Crippen LogP contribution in [0.4, 0.5) is 17.5 Å². The summed E-state index contributed by atoms with van der Waals surface area (Å²) in [7, 11) is -3.72. The average Bonchev–Trinajstić information content (AvgIpc) is 2.72. The lowest BCUT2D eigenvalue weighted by Gasteiger charge is -2.10. The zero-order valence-corrected chi connectivity index (χ0v) is 16.5. The van der Waals surface area contributed by atoms with Gasteiger partial charge in [-0.15, -0.1) is 0 Å². The van der Waals surface area contributed by atoms with Crippen LogP contribution in [0.5, 0.6) is 0 Å². The van der Waals surface area contributed by atoms with E-state index in [2.05, 4.69) is 30.3 Å². The molecule has 2 aromatic heterocycles. The minimum atomic E-state index is -3.72. The monoisotopic (exact) mass is 412 g/mol. The highest BCUT2D eigenvalue weighted by atomic mass is 32.2. The van der Waals surface area contributed by atoms with Crippen LogP contribution in [-0.4, -0.2) is 42.2 Å². The topological polar surface area (TPSA) is 126 Å². The van der Waals surface area contributed by atoms with E-state index in [0.29, 0.717) is 29.6 Å². The molecule has 1 aromatic carbocycles. The van der Waals surface area contributed by atoms with Crippen molar-refractivity contribution >= 4 is 33.3 Å². The lowest BCUT2D eigenvalue weighted by molar-refractivity contribution is 0.101. The van der Waals surface area contributed by atoms with Crippen LogP contribution < -0.4 is 15.4 Å². The molecule has 0 aliphatic heterocycles. The molecule has 0 amide bonds. The van der Waals surface area contributed by atoms with Crippen LogP contribution in [0.2, 0.25) is 0 Å². The van der Waals surface area contributed by atoms with Gasteiger partial charge in [0.25, 0.3) is 0 Å². The number of Topliss-reactive ketones (excluding diaryl/α,β-unsaturated/α-hetero) is 1. The van der Waals surface area contributed by atoms with Gasteiger partial charge in [0.2, 0.25) is 10.0 Å². The highest BCUT2D eigenvalue weighted by Gasteiger charge is 2.14. The number of carbonyl (C=O) groups excluding carboxylic acids is 1. The molecular weight excluding hydrogens is 392 g/mol. The van der Waals surface area contributed by atoms with Crippen LogP contribution in [-0.2, 0) is 10.0 Å². The molecule has 0 atom stereocenters. The predicted molar refractivity (Wildman–Crippen MR) is 110 cm³/mol. The van der Waals surface area contributed by atoms with Gasteiger partial charge in [0.05, 0.1) is 4.90 Å². The Morgan fingerprint density at radius 3 is 2.52 bits per heavy atom. The van der Waals surface area contributed by atoms with Gasteiger partial charge in [0.1, 0.15) is 23.8 Å². The molecule has 29 heavy (non-hydrogen) atoms. The van der Waals surface area contributed by atoms with Gasteiger partial charge in [-0.2, -0.15) is 0 Å². The van der Waals surface area contributed by atoms with Crippen LogP contribution >= 0.6 is 0 Å². The molecule has 9 nitrogen and oxygen atoms in total. The number of aromatic nitrogens is 3. The Hall–Kier alpha value is -3.37. The van der Waals surface area contributed by atoms with Crippen LogP contribution in [0.15, 0.2) is 66.0 Å². The number of nitrogens with zero attached hydrogens (tertiary/aromatic N) is 3. The maximum Gasteiger partial charge on any atom is 0.240 e. The van der Waals surface area contributed by atoms with E-state index in [1.165, 1.54) is 25.4 Å². The van der Waals surface area contributed by atoms with E-state index < -0.39 is 10.0 Å². The number of benzene rings is 1. The van der Waals surface area contributed by atoms with E-state index in [1.54, 1.807) is 24.4 Å². The molecule has 0 saturated carbocycles. The largest absolute Gasteiger partial charge is 0.369 e. The average molecular weight is 412 g/mol. The third kappa shape index (κ3) is 5.80. The molecule has 0 fully saturated rings. The van der Waals surface area contributed by atoms with Crippen molar-refractivity contribution < 1.29 is 13.2 Å². The fraction of sp³-hybridized carbons (Fsp3) is 0.158. The molecule has 3 rings (SSSR count). The maximum atomic E-state index is 12.4. The van der Waals surface area contributed by atoms with Gasteiger partial charge in [-0.05, 0) is 31.2 Å². The van der Waals surface area contributed by atoms with E-state index in [9.17, 15) is 13.2 Å². The number of hydrogen-bond acceptors (Lipinski definition) is 8. The van der Waals surface area contributed by atoms with Crippen molar-refractivity contribution in [3.05, 3.63) is 66.6 Å². The lowest BCUT2D eigenvalue weighted by atomic mass is 10.2. The summed E-state index contributed by atoms with van der Waals surface area (Å²) in [6.45, 7) is 1.84. The third-order valence-corrected chi connectivity index (χ3v) is 5.32. The number of ketones is 1. The smallest absolute Gasteiger partial charge is 0.240 e. The Bertz CT molecular complexity index is 1090. The summed E-state index contributed by atoms with van der Waals surface area (Å²) < 4.78 is 27.3. The number of nitrogens with one attached hydrogen (secondary N) is 3. The molecule has 0 radical (unpaired) electrons. The molecule has 0 bridgehead atoms. The van der Waals surface area contributed by atoms with Crippen molar-refractivity contribution in [1.29, 1.82) is 0 Å². The Morgan fingerprint density at radius 1 is 0.931 bits per heavy atom. The second kappa shape index (κ2) is 9.22. The van der Waals surface area contributed by atoms with Gasteiger partial charge in [-0.1, -0.05) is 18.2 Å². The highest BCUT2D eigenvalue weighted by Crippen LogP contribution is 2.14. The molecule has 0 aliphatic carbocycles. The van der Waals surface area contributed by atoms with Gasteiger partial charge >= 0.3 is 0 Å². The molecule has 0 aliphatic rings. The van der Waals surface area contributed by atoms with Crippen molar-refractivity contribution in [1.82, 2.24) is 19.7 Å². The van der Waals surface area contributed by atoms with Crippen LogP contribution in [0.25, 0.3) is 0 Å². The van der Waals surface area contributed by atoms with E-state index in [1.807, 2.05) is 18.2 Å². The third-order valence-electron chi connectivity index (χ3n) is 3.86. The second-order valence-corrected chi connectivity index (χ2v) is 7.80. The summed E-state index contributed by atoms with van der Waals surface area (Å²) in [6.07, 6.45) is 3.06. The number of pyridine rings is 1. The fourth-order valence-electron chi connectivity index (χ4n) is 2.43. The second-order valence-electron chi connectivity index (χ2n) is 6.04. The minimum Gasteiger partial charge on any atom is -0.369 e. The first kappa shape index (κ1) is 20.4. The number of anilines is 3. The van der Waals surface area contributed by atoms with E-state index in [-0.39, 0.29) is 17.2 Å². The van der Waals surface area contributed by atoms with Gasteiger partial charge < -0.3 is 10.6 Å². The Labute approximate surface area is 168 Å². The Morgan fingerprint density at radius 2 is 1.76 bits per heavy atom. The quantitative estimate of drug-likeness (QED) is 0.361. The van der Waals surface area contributed by atoms with Crippen LogP contribution in [0, 0.1) is 0 Å². The summed E-state index contributed by atoms with van der Waals surface area (Å²) in [5.41, 5.74) is 0.347. The molecule has 0 spiro atoms. The summed E-state index contributed by atoms with van der Waals surface area (Å²) >= 11 is 0.